The predicted octanol–water partition coefficient (Wildman–Crippen LogP) is 1.10. The van der Waals surface area contributed by atoms with Crippen LogP contribution >= 0.6 is 0 Å². The molecule has 76 valence electrons. The van der Waals surface area contributed by atoms with Crippen molar-refractivity contribution in [2.24, 2.45) is 0 Å². The van der Waals surface area contributed by atoms with Gasteiger partial charge >= 0.3 is 5.97 Å². The molecule has 0 atom stereocenters. The topological polar surface area (TPSA) is 68.0 Å². The van der Waals surface area contributed by atoms with E-state index in [2.05, 4.69) is 10.1 Å². The first-order valence-corrected chi connectivity index (χ1v) is 4.08. The summed E-state index contributed by atoms with van der Waals surface area (Å²) in [6, 6.07) is 3.95. The van der Waals surface area contributed by atoms with Gasteiger partial charge in [0.2, 0.25) is 0 Å². The lowest BCUT2D eigenvalue weighted by Crippen LogP contribution is -2.04. The van der Waals surface area contributed by atoms with Gasteiger partial charge in [-0.1, -0.05) is 0 Å². The number of rotatable bonds is 2. The first-order valence-electron chi connectivity index (χ1n) is 4.08. The maximum atomic E-state index is 13.2. The smallest absolute Gasteiger partial charge is 0.356 e. The molecule has 0 aliphatic carbocycles. The second-order valence-corrected chi connectivity index (χ2v) is 2.76. The van der Waals surface area contributed by atoms with Crippen LogP contribution in [-0.4, -0.2) is 25.8 Å². The van der Waals surface area contributed by atoms with Crippen LogP contribution in [-0.2, 0) is 0 Å². The van der Waals surface area contributed by atoms with Crippen molar-refractivity contribution in [2.75, 3.05) is 0 Å². The molecule has 2 rings (SSSR count). The van der Waals surface area contributed by atoms with Crippen LogP contribution in [0.4, 0.5) is 4.39 Å². The largest absolute Gasteiger partial charge is 0.476 e. The molecule has 0 spiro atoms. The number of aromatic carboxylic acids is 1. The first kappa shape index (κ1) is 9.32. The van der Waals surface area contributed by atoms with Crippen LogP contribution in [0.15, 0.2) is 30.6 Å². The number of nitrogens with zero attached hydrogens (tertiary/aromatic N) is 3. The summed E-state index contributed by atoms with van der Waals surface area (Å²) in [6.45, 7) is 0. The lowest BCUT2D eigenvalue weighted by molar-refractivity contribution is 0.0690. The Bertz CT molecular complexity index is 510. The average molecular weight is 207 g/mol. The molecule has 0 aliphatic heterocycles. The van der Waals surface area contributed by atoms with Crippen molar-refractivity contribution in [3.63, 3.8) is 0 Å². The normalized spacial score (nSPS) is 10.2. The summed E-state index contributed by atoms with van der Waals surface area (Å²) in [5.74, 6) is -1.74. The van der Waals surface area contributed by atoms with E-state index in [4.69, 9.17) is 5.11 Å². The summed E-state index contributed by atoms with van der Waals surface area (Å²) in [5.41, 5.74) is -0.153. The molecular weight excluding hydrogens is 201 g/mol. The van der Waals surface area contributed by atoms with Crippen LogP contribution in [0.25, 0.3) is 5.82 Å². The van der Waals surface area contributed by atoms with Gasteiger partial charge in [-0.2, -0.15) is 5.10 Å². The molecule has 2 aromatic heterocycles. The van der Waals surface area contributed by atoms with Crippen LogP contribution in [0.1, 0.15) is 10.5 Å². The Morgan fingerprint density at radius 3 is 2.87 bits per heavy atom. The molecule has 0 unspecified atom stereocenters. The van der Waals surface area contributed by atoms with Gasteiger partial charge in [0, 0.05) is 12.4 Å². The van der Waals surface area contributed by atoms with Crippen LogP contribution in [0.2, 0.25) is 0 Å². The maximum Gasteiger partial charge on any atom is 0.356 e. The summed E-state index contributed by atoms with van der Waals surface area (Å²) in [5, 5.41) is 12.3. The first-order chi connectivity index (χ1) is 7.18. The van der Waals surface area contributed by atoms with Crippen molar-refractivity contribution in [1.29, 1.82) is 0 Å². The number of carboxylic acids is 1. The highest BCUT2D eigenvalue weighted by molar-refractivity contribution is 5.85. The Kier molecular flexibility index (Phi) is 2.17. The van der Waals surface area contributed by atoms with Crippen LogP contribution in [0.3, 0.4) is 0 Å². The second-order valence-electron chi connectivity index (χ2n) is 2.76. The van der Waals surface area contributed by atoms with Crippen LogP contribution in [0, 0.1) is 5.82 Å². The van der Waals surface area contributed by atoms with Crippen molar-refractivity contribution >= 4 is 5.97 Å². The summed E-state index contributed by atoms with van der Waals surface area (Å²) >= 11 is 0. The van der Waals surface area contributed by atoms with E-state index < -0.39 is 11.8 Å². The maximum absolute atomic E-state index is 13.2. The quantitative estimate of drug-likeness (QED) is 0.800. The third-order valence-corrected chi connectivity index (χ3v) is 1.76. The minimum atomic E-state index is -1.16. The van der Waals surface area contributed by atoms with E-state index in [0.717, 1.165) is 4.68 Å². The molecule has 15 heavy (non-hydrogen) atoms. The monoisotopic (exact) mass is 207 g/mol. The van der Waals surface area contributed by atoms with E-state index in [1.165, 1.54) is 30.6 Å². The lowest BCUT2D eigenvalue weighted by Gasteiger charge is -1.99. The molecule has 1 N–H and O–H groups in total. The Labute approximate surface area is 83.8 Å². The van der Waals surface area contributed by atoms with Gasteiger partial charge in [0.05, 0.1) is 0 Å². The van der Waals surface area contributed by atoms with Crippen LogP contribution in [0.5, 0.6) is 0 Å². The van der Waals surface area contributed by atoms with Gasteiger partial charge in [0.15, 0.2) is 17.3 Å². The van der Waals surface area contributed by atoms with E-state index in [0.29, 0.717) is 0 Å². The van der Waals surface area contributed by atoms with Gasteiger partial charge in [-0.3, -0.25) is 0 Å². The number of carbonyl (C=O) groups is 1. The zero-order chi connectivity index (χ0) is 10.8. The van der Waals surface area contributed by atoms with Crippen molar-refractivity contribution < 1.29 is 14.3 Å². The van der Waals surface area contributed by atoms with E-state index >= 15 is 0 Å². The fourth-order valence-corrected chi connectivity index (χ4v) is 1.10. The lowest BCUT2D eigenvalue weighted by atomic mass is 10.4. The number of pyridine rings is 1. The zero-order valence-corrected chi connectivity index (χ0v) is 7.46. The number of carboxylic acid groups (broad SMARTS) is 1. The second kappa shape index (κ2) is 3.49. The molecule has 5 nitrogen and oxygen atoms in total. The predicted molar refractivity (Wildman–Crippen MR) is 48.3 cm³/mol. The van der Waals surface area contributed by atoms with Gasteiger partial charge in [0.1, 0.15) is 0 Å². The highest BCUT2D eigenvalue weighted by Gasteiger charge is 2.10. The fourth-order valence-electron chi connectivity index (χ4n) is 1.10. The van der Waals surface area contributed by atoms with Crippen molar-refractivity contribution in [2.45, 2.75) is 0 Å². The standard InChI is InChI=1S/C9H6FN3O2/c10-6-2-1-4-11-8(6)13-5-3-7(12-13)9(14)15/h1-5H,(H,14,15). The number of hydrogen-bond acceptors (Lipinski definition) is 3. The van der Waals surface area contributed by atoms with Gasteiger partial charge in [-0.15, -0.1) is 0 Å². The van der Waals surface area contributed by atoms with E-state index in [1.807, 2.05) is 0 Å². The zero-order valence-electron chi connectivity index (χ0n) is 7.46. The van der Waals surface area contributed by atoms with Crippen molar-refractivity contribution in [3.05, 3.63) is 42.1 Å². The molecule has 2 aromatic rings. The van der Waals surface area contributed by atoms with Gasteiger partial charge < -0.3 is 5.11 Å². The molecule has 0 saturated carbocycles. The highest BCUT2D eigenvalue weighted by Crippen LogP contribution is 2.08. The number of hydrogen-bond donors (Lipinski definition) is 1. The molecule has 0 fully saturated rings. The minimum absolute atomic E-state index is 0.0231. The van der Waals surface area contributed by atoms with E-state index in [9.17, 15) is 9.18 Å². The Morgan fingerprint density at radius 2 is 2.27 bits per heavy atom. The molecule has 0 saturated heterocycles. The van der Waals surface area contributed by atoms with Crippen LogP contribution < -0.4 is 0 Å². The third kappa shape index (κ3) is 1.69. The minimum Gasteiger partial charge on any atom is -0.476 e. The SMILES string of the molecule is O=C(O)c1ccn(-c2ncccc2F)n1. The van der Waals surface area contributed by atoms with Crippen molar-refractivity contribution in [3.8, 4) is 5.82 Å². The summed E-state index contributed by atoms with van der Waals surface area (Å²) < 4.78 is 14.3. The molecule has 0 aliphatic rings. The van der Waals surface area contributed by atoms with Crippen molar-refractivity contribution in [1.82, 2.24) is 14.8 Å². The van der Waals surface area contributed by atoms with E-state index in [-0.39, 0.29) is 11.5 Å². The van der Waals surface area contributed by atoms with Gasteiger partial charge in [0.25, 0.3) is 0 Å². The summed E-state index contributed by atoms with van der Waals surface area (Å²) in [7, 11) is 0. The number of aromatic nitrogens is 3. The van der Waals surface area contributed by atoms with Gasteiger partial charge in [-0.05, 0) is 18.2 Å². The molecular formula is C9H6FN3O2. The number of halogens is 1. The summed E-state index contributed by atoms with van der Waals surface area (Å²) in [4.78, 5) is 14.3. The summed E-state index contributed by atoms with van der Waals surface area (Å²) in [6.07, 6.45) is 2.75. The molecule has 6 heteroatoms. The highest BCUT2D eigenvalue weighted by atomic mass is 19.1. The Hall–Kier alpha value is -2.24. The average Bonchev–Trinajstić information content (AvgIpc) is 2.67. The fraction of sp³-hybridized carbons (Fsp3) is 0. The van der Waals surface area contributed by atoms with E-state index in [1.54, 1.807) is 0 Å². The molecule has 0 amide bonds. The van der Waals surface area contributed by atoms with Gasteiger partial charge in [-0.25, -0.2) is 18.9 Å². The molecule has 0 bridgehead atoms. The Morgan fingerprint density at radius 1 is 1.47 bits per heavy atom. The molecule has 0 aromatic carbocycles. The Balaban J connectivity index is 2.46. The molecule has 0 radical (unpaired) electrons. The third-order valence-electron chi connectivity index (χ3n) is 1.76. The molecule has 2 heterocycles.